The lowest BCUT2D eigenvalue weighted by Gasteiger charge is -2.20. The molecule has 0 aliphatic heterocycles. The van der Waals surface area contributed by atoms with E-state index in [1.165, 1.54) is 180 Å². The average Bonchev–Trinajstić information content (AvgIpc) is 3.28. The van der Waals surface area contributed by atoms with Gasteiger partial charge in [0.25, 0.3) is 0 Å². The van der Waals surface area contributed by atoms with Crippen LogP contribution in [0.4, 0.5) is 0 Å². The van der Waals surface area contributed by atoms with Gasteiger partial charge >= 0.3 is 5.97 Å². The largest absolute Gasteiger partial charge is 0.466 e. The predicted octanol–water partition coefficient (Wildman–Crippen LogP) is 16.9. The molecule has 3 N–H and O–H groups in total. The molecule has 0 aromatic rings. The normalized spacial score (nSPS) is 12.9. The van der Waals surface area contributed by atoms with Crippen LogP contribution in [0, 0.1) is 0 Å². The Balaban J connectivity index is 3.55. The third kappa shape index (κ3) is 49.4. The molecular weight excluding hydrogens is 779 g/mol. The van der Waals surface area contributed by atoms with Crippen LogP contribution in [-0.2, 0) is 14.3 Å². The third-order valence-electron chi connectivity index (χ3n) is 12.6. The zero-order chi connectivity index (χ0) is 45.8. The number of esters is 1. The van der Waals surface area contributed by atoms with Crippen molar-refractivity contribution in [1.82, 2.24) is 5.32 Å². The van der Waals surface area contributed by atoms with Crippen molar-refractivity contribution in [1.29, 1.82) is 0 Å². The second-order valence-corrected chi connectivity index (χ2v) is 18.9. The van der Waals surface area contributed by atoms with Crippen LogP contribution in [-0.4, -0.2) is 47.4 Å². The van der Waals surface area contributed by atoms with Gasteiger partial charge in [-0.2, -0.15) is 0 Å². The molecule has 0 aromatic heterocycles. The van der Waals surface area contributed by atoms with Crippen molar-refractivity contribution in [3.05, 3.63) is 36.5 Å². The molecule has 0 fully saturated rings. The minimum Gasteiger partial charge on any atom is -0.466 e. The number of hydrogen-bond donors (Lipinski definition) is 3. The van der Waals surface area contributed by atoms with Crippen molar-refractivity contribution in [3.8, 4) is 0 Å². The van der Waals surface area contributed by atoms with Crippen molar-refractivity contribution in [2.45, 2.75) is 302 Å². The highest BCUT2D eigenvalue weighted by Gasteiger charge is 2.18. The third-order valence-corrected chi connectivity index (χ3v) is 12.6. The van der Waals surface area contributed by atoms with Gasteiger partial charge < -0.3 is 20.3 Å². The van der Waals surface area contributed by atoms with Crippen LogP contribution >= 0.6 is 0 Å². The van der Waals surface area contributed by atoms with E-state index in [-0.39, 0.29) is 18.5 Å². The van der Waals surface area contributed by atoms with E-state index < -0.39 is 12.1 Å². The molecule has 2 unspecified atom stereocenters. The first kappa shape index (κ1) is 61.1. The molecule has 0 radical (unpaired) electrons. The summed E-state index contributed by atoms with van der Waals surface area (Å²) in [7, 11) is 0. The van der Waals surface area contributed by atoms with Gasteiger partial charge in [0.2, 0.25) is 5.91 Å². The topological polar surface area (TPSA) is 95.9 Å². The Morgan fingerprint density at radius 2 is 0.746 bits per heavy atom. The van der Waals surface area contributed by atoms with Gasteiger partial charge in [0.1, 0.15) is 0 Å². The second-order valence-electron chi connectivity index (χ2n) is 18.9. The predicted molar refractivity (Wildman–Crippen MR) is 273 cm³/mol. The zero-order valence-corrected chi connectivity index (χ0v) is 42.1. The van der Waals surface area contributed by atoms with E-state index in [0.29, 0.717) is 19.4 Å². The first-order valence-corrected chi connectivity index (χ1v) is 27.8. The Kier molecular flexibility index (Phi) is 51.1. The molecule has 0 aromatic carbocycles. The monoisotopic (exact) mass is 886 g/mol. The van der Waals surface area contributed by atoms with Crippen LogP contribution in [0.5, 0.6) is 0 Å². The number of carbonyl (C=O) groups is 2. The fourth-order valence-electron chi connectivity index (χ4n) is 8.33. The number of aliphatic hydroxyl groups excluding tert-OH is 2. The number of rotatable bonds is 51. The van der Waals surface area contributed by atoms with E-state index in [1.54, 1.807) is 6.08 Å². The Hall–Kier alpha value is -1.92. The Bertz CT molecular complexity index is 1020. The Morgan fingerprint density at radius 1 is 0.429 bits per heavy atom. The van der Waals surface area contributed by atoms with Crippen LogP contribution in [0.1, 0.15) is 290 Å². The van der Waals surface area contributed by atoms with Crippen molar-refractivity contribution < 1.29 is 24.5 Å². The number of aliphatic hydroxyl groups is 2. The van der Waals surface area contributed by atoms with Gasteiger partial charge in [-0.1, -0.05) is 224 Å². The van der Waals surface area contributed by atoms with Gasteiger partial charge in [0.15, 0.2) is 0 Å². The van der Waals surface area contributed by atoms with E-state index in [1.807, 2.05) is 6.08 Å². The van der Waals surface area contributed by atoms with E-state index in [9.17, 15) is 19.8 Å². The van der Waals surface area contributed by atoms with Crippen LogP contribution in [0.25, 0.3) is 0 Å². The maximum absolute atomic E-state index is 12.5. The summed E-state index contributed by atoms with van der Waals surface area (Å²) < 4.78 is 5.44. The fraction of sp³-hybridized carbons (Fsp3) is 0.860. The lowest BCUT2D eigenvalue weighted by Crippen LogP contribution is -2.45. The average molecular weight is 886 g/mol. The van der Waals surface area contributed by atoms with Crippen molar-refractivity contribution in [3.63, 3.8) is 0 Å². The van der Waals surface area contributed by atoms with E-state index in [2.05, 4.69) is 43.5 Å². The maximum atomic E-state index is 12.5. The number of unbranched alkanes of at least 4 members (excludes halogenated alkanes) is 36. The quantitative estimate of drug-likeness (QED) is 0.0321. The highest BCUT2D eigenvalue weighted by atomic mass is 16.5. The van der Waals surface area contributed by atoms with Gasteiger partial charge in [0, 0.05) is 12.8 Å². The zero-order valence-electron chi connectivity index (χ0n) is 42.1. The van der Waals surface area contributed by atoms with Crippen LogP contribution in [0.3, 0.4) is 0 Å². The molecule has 0 spiro atoms. The molecule has 0 aliphatic carbocycles. The molecule has 0 heterocycles. The maximum Gasteiger partial charge on any atom is 0.305 e. The van der Waals surface area contributed by atoms with Gasteiger partial charge in [0.05, 0.1) is 25.4 Å². The number of carbonyl (C=O) groups excluding carboxylic acids is 2. The summed E-state index contributed by atoms with van der Waals surface area (Å²) in [6.07, 6.45) is 64.4. The van der Waals surface area contributed by atoms with E-state index in [0.717, 1.165) is 83.5 Å². The number of ether oxygens (including phenoxy) is 1. The molecular formula is C57H107NO5. The molecule has 6 nitrogen and oxygen atoms in total. The lowest BCUT2D eigenvalue weighted by molar-refractivity contribution is -0.143. The first-order chi connectivity index (χ1) is 31.0. The highest BCUT2D eigenvalue weighted by molar-refractivity contribution is 5.76. The number of nitrogens with one attached hydrogen (secondary N) is 1. The number of hydrogen-bond acceptors (Lipinski definition) is 5. The van der Waals surface area contributed by atoms with Crippen molar-refractivity contribution in [2.24, 2.45) is 0 Å². The van der Waals surface area contributed by atoms with Gasteiger partial charge in [-0.3, -0.25) is 9.59 Å². The SMILES string of the molecule is CCCCCCCC/C=C\CCCCCCCC(=O)OCCCCC/C=C\CCCCCCCC(=O)NC(CO)C(O)/C=C/CCCCCCCCCCCCCCCCCCC. The second kappa shape index (κ2) is 52.7. The molecule has 0 aliphatic rings. The molecule has 2 atom stereocenters. The Morgan fingerprint density at radius 3 is 1.13 bits per heavy atom. The Labute approximate surface area is 392 Å². The van der Waals surface area contributed by atoms with Crippen molar-refractivity contribution >= 4 is 11.9 Å². The van der Waals surface area contributed by atoms with Crippen LogP contribution < -0.4 is 5.32 Å². The van der Waals surface area contributed by atoms with Gasteiger partial charge in [-0.05, 0) is 89.9 Å². The summed E-state index contributed by atoms with van der Waals surface area (Å²) >= 11 is 0. The summed E-state index contributed by atoms with van der Waals surface area (Å²) in [6, 6.07) is -0.648. The smallest absolute Gasteiger partial charge is 0.305 e. The summed E-state index contributed by atoms with van der Waals surface area (Å²) in [5, 5.41) is 23.1. The molecule has 63 heavy (non-hydrogen) atoms. The van der Waals surface area contributed by atoms with E-state index in [4.69, 9.17) is 4.74 Å². The number of amides is 1. The van der Waals surface area contributed by atoms with Crippen LogP contribution in [0.2, 0.25) is 0 Å². The highest BCUT2D eigenvalue weighted by Crippen LogP contribution is 2.16. The van der Waals surface area contributed by atoms with Gasteiger partial charge in [-0.25, -0.2) is 0 Å². The standard InChI is InChI=1S/C57H107NO5/c1-3-5-7-9-11-13-15-17-19-20-21-22-24-25-29-33-37-41-45-49-55(60)54(53-59)58-56(61)50-46-42-38-34-30-27-28-32-36-40-44-48-52-63-57(62)51-47-43-39-35-31-26-23-18-16-14-12-10-8-6-4-2/h18,23,28,32,45,49,54-55,59-60H,3-17,19-22,24-27,29-31,33-44,46-48,50-53H2,1-2H3,(H,58,61)/b23-18-,32-28-,49-45+. The summed E-state index contributed by atoms with van der Waals surface area (Å²) in [6.45, 7) is 4.84. The molecule has 6 heteroatoms. The van der Waals surface area contributed by atoms with E-state index >= 15 is 0 Å². The van der Waals surface area contributed by atoms with Crippen molar-refractivity contribution in [2.75, 3.05) is 13.2 Å². The minimum atomic E-state index is -0.862. The molecule has 1 amide bonds. The summed E-state index contributed by atoms with van der Waals surface area (Å²) in [5.41, 5.74) is 0. The van der Waals surface area contributed by atoms with Crippen LogP contribution in [0.15, 0.2) is 36.5 Å². The minimum absolute atomic E-state index is 0.0324. The molecule has 0 saturated heterocycles. The molecule has 0 bridgehead atoms. The van der Waals surface area contributed by atoms with Gasteiger partial charge in [-0.15, -0.1) is 0 Å². The summed E-state index contributed by atoms with van der Waals surface area (Å²) in [4.78, 5) is 24.5. The number of allylic oxidation sites excluding steroid dienone is 5. The molecule has 370 valence electrons. The molecule has 0 saturated carbocycles. The first-order valence-electron chi connectivity index (χ1n) is 27.8. The lowest BCUT2D eigenvalue weighted by atomic mass is 10.0. The molecule has 0 rings (SSSR count). The summed E-state index contributed by atoms with van der Waals surface area (Å²) in [5.74, 6) is -0.125. The fourth-order valence-corrected chi connectivity index (χ4v) is 8.33.